The number of primary sulfonamides is 1. The Morgan fingerprint density at radius 1 is 0.828 bits per heavy atom. The zero-order valence-corrected chi connectivity index (χ0v) is 16.8. The molecular formula is C20H18FNO5S2. The standard InChI is InChI=1S/C20H18FNO5S2/c21-17-13-16(12-11-15(17)10-9-14-5-2-1-3-6-14)20-18(28(22,23)24)7-4-8-19(20)29(25,26)27/h1-8,11-13H,9-10H2,(H2,22,23,24)(H,25,26,27). The Bertz CT molecular complexity index is 1210. The molecule has 0 spiro atoms. The highest BCUT2D eigenvalue weighted by Gasteiger charge is 2.25. The Labute approximate surface area is 168 Å². The maximum atomic E-state index is 14.7. The van der Waals surface area contributed by atoms with E-state index in [0.29, 0.717) is 18.4 Å². The number of sulfonamides is 1. The average Bonchev–Trinajstić information content (AvgIpc) is 2.66. The van der Waals surface area contributed by atoms with Gasteiger partial charge in [-0.25, -0.2) is 17.9 Å². The molecule has 29 heavy (non-hydrogen) atoms. The molecule has 0 saturated heterocycles. The van der Waals surface area contributed by atoms with Crippen molar-refractivity contribution in [3.05, 3.63) is 83.7 Å². The topological polar surface area (TPSA) is 115 Å². The summed E-state index contributed by atoms with van der Waals surface area (Å²) in [5.41, 5.74) is 1.03. The Morgan fingerprint density at radius 2 is 1.48 bits per heavy atom. The highest BCUT2D eigenvalue weighted by atomic mass is 32.2. The van der Waals surface area contributed by atoms with E-state index in [1.807, 2.05) is 30.3 Å². The monoisotopic (exact) mass is 435 g/mol. The molecular weight excluding hydrogens is 417 g/mol. The van der Waals surface area contributed by atoms with E-state index in [2.05, 4.69) is 0 Å². The first-order chi connectivity index (χ1) is 13.6. The maximum Gasteiger partial charge on any atom is 0.295 e. The predicted molar refractivity (Wildman–Crippen MR) is 107 cm³/mol. The zero-order chi connectivity index (χ0) is 21.2. The molecule has 0 aliphatic rings. The van der Waals surface area contributed by atoms with Gasteiger partial charge in [0.2, 0.25) is 10.0 Å². The first kappa shape index (κ1) is 21.1. The Kier molecular flexibility index (Phi) is 5.85. The number of hydrogen-bond acceptors (Lipinski definition) is 4. The molecule has 152 valence electrons. The van der Waals surface area contributed by atoms with Crippen LogP contribution >= 0.6 is 0 Å². The Balaban J connectivity index is 2.06. The lowest BCUT2D eigenvalue weighted by Crippen LogP contribution is -2.15. The lowest BCUT2D eigenvalue weighted by atomic mass is 9.99. The van der Waals surface area contributed by atoms with Gasteiger partial charge in [0.15, 0.2) is 0 Å². The van der Waals surface area contributed by atoms with Crippen LogP contribution in [0.25, 0.3) is 11.1 Å². The quantitative estimate of drug-likeness (QED) is 0.577. The number of halogens is 1. The fourth-order valence-corrected chi connectivity index (χ4v) is 4.66. The van der Waals surface area contributed by atoms with Gasteiger partial charge in [0.25, 0.3) is 10.1 Å². The van der Waals surface area contributed by atoms with Gasteiger partial charge >= 0.3 is 0 Å². The van der Waals surface area contributed by atoms with Crippen LogP contribution in [0.5, 0.6) is 0 Å². The smallest absolute Gasteiger partial charge is 0.282 e. The van der Waals surface area contributed by atoms with Gasteiger partial charge in [-0.2, -0.15) is 8.42 Å². The molecule has 0 radical (unpaired) electrons. The second-order valence-electron chi connectivity index (χ2n) is 6.44. The molecule has 0 saturated carbocycles. The van der Waals surface area contributed by atoms with E-state index in [1.54, 1.807) is 0 Å². The fraction of sp³-hybridized carbons (Fsp3) is 0.100. The molecule has 0 unspecified atom stereocenters. The largest absolute Gasteiger partial charge is 0.295 e. The molecule has 0 amide bonds. The summed E-state index contributed by atoms with van der Waals surface area (Å²) in [4.78, 5) is -1.19. The molecule has 9 heteroatoms. The number of hydrogen-bond donors (Lipinski definition) is 2. The van der Waals surface area contributed by atoms with E-state index in [1.165, 1.54) is 12.1 Å². The Morgan fingerprint density at radius 3 is 2.07 bits per heavy atom. The highest BCUT2D eigenvalue weighted by molar-refractivity contribution is 7.89. The van der Waals surface area contributed by atoms with Crippen LogP contribution in [0.3, 0.4) is 0 Å². The van der Waals surface area contributed by atoms with Crippen LogP contribution in [0.4, 0.5) is 4.39 Å². The minimum atomic E-state index is -4.78. The van der Waals surface area contributed by atoms with Crippen LogP contribution in [0.2, 0.25) is 0 Å². The second-order valence-corrected chi connectivity index (χ2v) is 9.36. The average molecular weight is 435 g/mol. The SMILES string of the molecule is NS(=O)(=O)c1cccc(S(=O)(=O)O)c1-c1ccc(CCc2ccccc2)c(F)c1. The molecule has 3 N–H and O–H groups in total. The van der Waals surface area contributed by atoms with Crippen molar-refractivity contribution < 1.29 is 25.8 Å². The van der Waals surface area contributed by atoms with E-state index in [-0.39, 0.29) is 11.1 Å². The van der Waals surface area contributed by atoms with Gasteiger partial charge in [-0.3, -0.25) is 4.55 Å². The Hall–Kier alpha value is -2.59. The van der Waals surface area contributed by atoms with Gasteiger partial charge in [0, 0.05) is 5.56 Å². The van der Waals surface area contributed by atoms with Gasteiger partial charge in [-0.1, -0.05) is 48.5 Å². The molecule has 0 fully saturated rings. The number of nitrogens with two attached hydrogens (primary N) is 1. The summed E-state index contributed by atoms with van der Waals surface area (Å²) in [6.45, 7) is 0. The third kappa shape index (κ3) is 4.88. The molecule has 0 bridgehead atoms. The lowest BCUT2D eigenvalue weighted by Gasteiger charge is -2.13. The molecule has 6 nitrogen and oxygen atoms in total. The van der Waals surface area contributed by atoms with Crippen LogP contribution < -0.4 is 5.14 Å². The second kappa shape index (κ2) is 8.03. The van der Waals surface area contributed by atoms with Crippen molar-refractivity contribution in [2.45, 2.75) is 22.6 Å². The molecule has 0 aliphatic carbocycles. The van der Waals surface area contributed by atoms with Crippen LogP contribution in [-0.2, 0) is 33.0 Å². The molecule has 0 aliphatic heterocycles. The minimum absolute atomic E-state index is 0.0248. The summed E-state index contributed by atoms with van der Waals surface area (Å²) in [5, 5.41) is 5.19. The van der Waals surface area contributed by atoms with E-state index in [9.17, 15) is 25.8 Å². The zero-order valence-electron chi connectivity index (χ0n) is 15.1. The normalized spacial score (nSPS) is 12.1. The van der Waals surface area contributed by atoms with Crippen molar-refractivity contribution in [1.82, 2.24) is 0 Å². The number of benzene rings is 3. The third-order valence-electron chi connectivity index (χ3n) is 4.44. The van der Waals surface area contributed by atoms with Crippen molar-refractivity contribution in [3.63, 3.8) is 0 Å². The third-order valence-corrected chi connectivity index (χ3v) is 6.29. The van der Waals surface area contributed by atoms with Gasteiger partial charge in [0.05, 0.1) is 4.90 Å². The van der Waals surface area contributed by atoms with E-state index >= 15 is 0 Å². The van der Waals surface area contributed by atoms with Crippen molar-refractivity contribution in [2.24, 2.45) is 5.14 Å². The molecule has 0 heterocycles. The molecule has 3 aromatic rings. The van der Waals surface area contributed by atoms with Crippen molar-refractivity contribution in [1.29, 1.82) is 0 Å². The summed E-state index contributed by atoms with van der Waals surface area (Å²) >= 11 is 0. The first-order valence-electron chi connectivity index (χ1n) is 8.53. The summed E-state index contributed by atoms with van der Waals surface area (Å²) in [5.74, 6) is -0.621. The van der Waals surface area contributed by atoms with E-state index < -0.39 is 35.7 Å². The maximum absolute atomic E-state index is 14.7. The highest BCUT2D eigenvalue weighted by Crippen LogP contribution is 2.34. The predicted octanol–water partition coefficient (Wildman–Crippen LogP) is 3.17. The van der Waals surface area contributed by atoms with E-state index in [0.717, 1.165) is 29.8 Å². The van der Waals surface area contributed by atoms with Gasteiger partial charge < -0.3 is 0 Å². The molecule has 3 aromatic carbocycles. The summed E-state index contributed by atoms with van der Waals surface area (Å²) < 4.78 is 71.5. The minimum Gasteiger partial charge on any atom is -0.282 e. The van der Waals surface area contributed by atoms with Gasteiger partial charge in [0.1, 0.15) is 10.7 Å². The lowest BCUT2D eigenvalue weighted by molar-refractivity contribution is 0.483. The molecule has 0 atom stereocenters. The number of aryl methyl sites for hydroxylation is 2. The van der Waals surface area contributed by atoms with Gasteiger partial charge in [-0.05, 0) is 47.7 Å². The number of rotatable bonds is 6. The van der Waals surface area contributed by atoms with Crippen LogP contribution in [0, 0.1) is 5.82 Å². The van der Waals surface area contributed by atoms with E-state index in [4.69, 9.17) is 5.14 Å². The van der Waals surface area contributed by atoms with Crippen molar-refractivity contribution >= 4 is 20.1 Å². The van der Waals surface area contributed by atoms with Crippen LogP contribution in [0.15, 0.2) is 76.5 Å². The summed E-state index contributed by atoms with van der Waals surface area (Å²) in [6, 6.07) is 16.7. The fourth-order valence-electron chi connectivity index (χ4n) is 3.08. The van der Waals surface area contributed by atoms with Crippen LogP contribution in [-0.4, -0.2) is 21.4 Å². The molecule has 3 rings (SSSR count). The summed E-state index contributed by atoms with van der Waals surface area (Å²) in [6.07, 6.45) is 0.999. The van der Waals surface area contributed by atoms with Gasteiger partial charge in [-0.15, -0.1) is 0 Å². The van der Waals surface area contributed by atoms with Crippen LogP contribution in [0.1, 0.15) is 11.1 Å². The first-order valence-corrected chi connectivity index (χ1v) is 11.5. The summed E-state index contributed by atoms with van der Waals surface area (Å²) in [7, 11) is -9.11. The molecule has 0 aromatic heterocycles. The van der Waals surface area contributed by atoms with Crippen molar-refractivity contribution in [3.8, 4) is 11.1 Å². The van der Waals surface area contributed by atoms with Crippen molar-refractivity contribution in [2.75, 3.05) is 0 Å².